The first-order valence-electron chi connectivity index (χ1n) is 8.14. The maximum atomic E-state index is 12.0. The summed E-state index contributed by atoms with van der Waals surface area (Å²) < 4.78 is 33.0. The normalized spacial score (nSPS) is 12.1. The molecule has 1 heterocycles. The summed E-state index contributed by atoms with van der Waals surface area (Å²) in [5, 5.41) is 1.61. The first-order chi connectivity index (χ1) is 13.3. The fraction of sp³-hybridized carbons (Fsp3) is 0. The van der Waals surface area contributed by atoms with Crippen LogP contribution in [0.5, 0.6) is 0 Å². The zero-order chi connectivity index (χ0) is 20.1. The van der Waals surface area contributed by atoms with Gasteiger partial charge >= 0.3 is 10.1 Å². The molecule has 142 valence electrons. The second-order valence-electron chi connectivity index (χ2n) is 5.84. The Morgan fingerprint density at radius 1 is 0.893 bits per heavy atom. The SMILES string of the molecule is O=C(/C=C/c1ccc(Br)cc1)/C=C/c1ccc(-c2ccsc2S(=O)(=O)O)cc1. The minimum absolute atomic E-state index is 0.0796. The number of rotatable bonds is 6. The van der Waals surface area contributed by atoms with Gasteiger partial charge in [-0.25, -0.2) is 0 Å². The third-order valence-electron chi connectivity index (χ3n) is 3.84. The molecule has 0 unspecified atom stereocenters. The number of allylic oxidation sites excluding steroid dienone is 2. The number of ketones is 1. The van der Waals surface area contributed by atoms with Crippen molar-refractivity contribution < 1.29 is 17.8 Å². The highest BCUT2D eigenvalue weighted by atomic mass is 79.9. The van der Waals surface area contributed by atoms with Crippen LogP contribution >= 0.6 is 27.3 Å². The van der Waals surface area contributed by atoms with E-state index < -0.39 is 10.1 Å². The second-order valence-corrected chi connectivity index (χ2v) is 9.29. The molecule has 0 aliphatic carbocycles. The number of halogens is 1. The predicted octanol–water partition coefficient (Wildman–Crippen LogP) is 5.72. The largest absolute Gasteiger partial charge is 0.304 e. The van der Waals surface area contributed by atoms with Gasteiger partial charge in [-0.15, -0.1) is 11.3 Å². The summed E-state index contributed by atoms with van der Waals surface area (Å²) >= 11 is 4.33. The Morgan fingerprint density at radius 2 is 1.43 bits per heavy atom. The smallest absolute Gasteiger partial charge is 0.290 e. The van der Waals surface area contributed by atoms with E-state index in [-0.39, 0.29) is 9.99 Å². The highest BCUT2D eigenvalue weighted by Gasteiger charge is 2.18. The van der Waals surface area contributed by atoms with Gasteiger partial charge in [0.05, 0.1) is 0 Å². The monoisotopic (exact) mass is 474 g/mol. The lowest BCUT2D eigenvalue weighted by molar-refractivity contribution is -0.110. The first-order valence-corrected chi connectivity index (χ1v) is 11.3. The van der Waals surface area contributed by atoms with Crippen LogP contribution in [0.1, 0.15) is 11.1 Å². The van der Waals surface area contributed by atoms with Gasteiger partial charge in [-0.05, 0) is 52.4 Å². The van der Waals surface area contributed by atoms with E-state index in [0.29, 0.717) is 11.1 Å². The van der Waals surface area contributed by atoms with E-state index in [0.717, 1.165) is 26.9 Å². The van der Waals surface area contributed by atoms with Gasteiger partial charge in [0.2, 0.25) is 0 Å². The highest BCUT2D eigenvalue weighted by Crippen LogP contribution is 2.32. The van der Waals surface area contributed by atoms with Crippen molar-refractivity contribution >= 4 is 55.3 Å². The molecule has 4 nitrogen and oxygen atoms in total. The number of hydrogen-bond donors (Lipinski definition) is 1. The molecular weight excluding hydrogens is 460 g/mol. The van der Waals surface area contributed by atoms with Gasteiger partial charge in [-0.1, -0.05) is 64.5 Å². The lowest BCUT2D eigenvalue weighted by Gasteiger charge is -2.02. The van der Waals surface area contributed by atoms with Crippen molar-refractivity contribution in [3.63, 3.8) is 0 Å². The maximum Gasteiger partial charge on any atom is 0.304 e. The molecule has 3 rings (SSSR count). The summed E-state index contributed by atoms with van der Waals surface area (Å²) in [4.78, 5) is 12.0. The van der Waals surface area contributed by atoms with Crippen molar-refractivity contribution in [2.24, 2.45) is 0 Å². The molecule has 0 atom stereocenters. The molecule has 1 aromatic heterocycles. The molecule has 0 saturated carbocycles. The summed E-state index contributed by atoms with van der Waals surface area (Å²) in [6, 6.07) is 16.3. The van der Waals surface area contributed by atoms with Gasteiger partial charge < -0.3 is 0 Å². The zero-order valence-electron chi connectivity index (χ0n) is 14.4. The van der Waals surface area contributed by atoms with Crippen molar-refractivity contribution in [1.82, 2.24) is 0 Å². The second kappa shape index (κ2) is 8.79. The van der Waals surface area contributed by atoms with Crippen molar-refractivity contribution in [3.8, 4) is 11.1 Å². The van der Waals surface area contributed by atoms with Gasteiger partial charge in [0, 0.05) is 10.0 Å². The molecule has 28 heavy (non-hydrogen) atoms. The van der Waals surface area contributed by atoms with Crippen LogP contribution in [0.2, 0.25) is 0 Å². The van der Waals surface area contributed by atoms with E-state index in [9.17, 15) is 17.8 Å². The average Bonchev–Trinajstić information content (AvgIpc) is 3.17. The summed E-state index contributed by atoms with van der Waals surface area (Å²) in [6.07, 6.45) is 6.40. The van der Waals surface area contributed by atoms with Crippen molar-refractivity contribution in [2.45, 2.75) is 4.21 Å². The molecule has 0 bridgehead atoms. The van der Waals surface area contributed by atoms with Gasteiger partial charge in [0.15, 0.2) is 9.99 Å². The third kappa shape index (κ3) is 5.36. The molecule has 0 aliphatic heterocycles. The number of carbonyl (C=O) groups excluding carboxylic acids is 1. The Hall–Kier alpha value is -2.32. The Labute approximate surface area is 175 Å². The minimum atomic E-state index is -4.25. The molecule has 0 saturated heterocycles. The third-order valence-corrected chi connectivity index (χ3v) is 6.68. The highest BCUT2D eigenvalue weighted by molar-refractivity contribution is 9.10. The van der Waals surface area contributed by atoms with Crippen LogP contribution in [0, 0.1) is 0 Å². The molecule has 0 radical (unpaired) electrons. The van der Waals surface area contributed by atoms with Crippen LogP contribution in [0.3, 0.4) is 0 Å². The lowest BCUT2D eigenvalue weighted by Crippen LogP contribution is -1.96. The molecular formula is C21H15BrO4S2. The van der Waals surface area contributed by atoms with E-state index in [2.05, 4.69) is 15.9 Å². The summed E-state index contributed by atoms with van der Waals surface area (Å²) in [7, 11) is -4.25. The van der Waals surface area contributed by atoms with E-state index >= 15 is 0 Å². The fourth-order valence-corrected chi connectivity index (χ4v) is 4.49. The van der Waals surface area contributed by atoms with Crippen LogP contribution in [0.4, 0.5) is 0 Å². The van der Waals surface area contributed by atoms with Gasteiger partial charge in [0.1, 0.15) is 0 Å². The number of carbonyl (C=O) groups is 1. The zero-order valence-corrected chi connectivity index (χ0v) is 17.7. The summed E-state index contributed by atoms with van der Waals surface area (Å²) in [5.74, 6) is -0.140. The van der Waals surface area contributed by atoms with Crippen LogP contribution in [-0.4, -0.2) is 18.8 Å². The molecule has 7 heteroatoms. The quantitative estimate of drug-likeness (QED) is 0.366. The van der Waals surface area contributed by atoms with E-state index in [1.807, 2.05) is 24.3 Å². The Morgan fingerprint density at radius 3 is 1.96 bits per heavy atom. The lowest BCUT2D eigenvalue weighted by atomic mass is 10.1. The number of benzene rings is 2. The number of hydrogen-bond acceptors (Lipinski definition) is 4. The van der Waals surface area contributed by atoms with Crippen LogP contribution < -0.4 is 0 Å². The number of thiophene rings is 1. The van der Waals surface area contributed by atoms with Gasteiger partial charge in [-0.3, -0.25) is 9.35 Å². The maximum absolute atomic E-state index is 12.0. The van der Waals surface area contributed by atoms with Crippen molar-refractivity contribution in [1.29, 1.82) is 0 Å². The Balaban J connectivity index is 1.69. The predicted molar refractivity (Wildman–Crippen MR) is 117 cm³/mol. The Kier molecular flexibility index (Phi) is 6.41. The van der Waals surface area contributed by atoms with Gasteiger partial charge in [0.25, 0.3) is 0 Å². The summed E-state index contributed by atoms with van der Waals surface area (Å²) in [5.41, 5.74) is 2.86. The minimum Gasteiger partial charge on any atom is -0.290 e. The van der Waals surface area contributed by atoms with Crippen molar-refractivity contribution in [2.75, 3.05) is 0 Å². The Bertz CT molecular complexity index is 1140. The van der Waals surface area contributed by atoms with E-state index in [1.54, 1.807) is 47.9 Å². The molecule has 0 fully saturated rings. The molecule has 0 aliphatic rings. The topological polar surface area (TPSA) is 71.4 Å². The van der Waals surface area contributed by atoms with E-state index in [1.165, 1.54) is 12.2 Å². The molecule has 2 aromatic carbocycles. The van der Waals surface area contributed by atoms with Crippen LogP contribution in [0.25, 0.3) is 23.3 Å². The molecule has 0 amide bonds. The summed E-state index contributed by atoms with van der Waals surface area (Å²) in [6.45, 7) is 0. The van der Waals surface area contributed by atoms with E-state index in [4.69, 9.17) is 0 Å². The fourth-order valence-electron chi connectivity index (χ4n) is 2.47. The van der Waals surface area contributed by atoms with Crippen LogP contribution in [-0.2, 0) is 14.9 Å². The van der Waals surface area contributed by atoms with Gasteiger partial charge in [-0.2, -0.15) is 8.42 Å². The standard InChI is InChI=1S/C21H15BrO4S2/c22-18-9-3-16(4-10-18)6-12-19(23)11-5-15-1-7-17(8-2-15)20-13-14-27-21(20)28(24,25)26/h1-14H,(H,24,25,26)/b11-5+,12-6+. The van der Waals surface area contributed by atoms with Crippen LogP contribution in [0.15, 0.2) is 80.8 Å². The molecule has 1 N–H and O–H groups in total. The average molecular weight is 475 g/mol. The molecule has 3 aromatic rings. The first kappa shape index (κ1) is 20.4. The van der Waals surface area contributed by atoms with Crippen molar-refractivity contribution in [3.05, 3.63) is 87.7 Å². The molecule has 0 spiro atoms.